The molecule has 3 aromatic rings. The summed E-state index contributed by atoms with van der Waals surface area (Å²) >= 11 is 3.42. The van der Waals surface area contributed by atoms with E-state index < -0.39 is 34.3 Å². The number of benzene rings is 3. The van der Waals surface area contributed by atoms with Crippen LogP contribution in [-0.2, 0) is 32.6 Å². The van der Waals surface area contributed by atoms with Crippen LogP contribution in [0.1, 0.15) is 36.5 Å². The van der Waals surface area contributed by atoms with Crippen molar-refractivity contribution in [3.8, 4) is 0 Å². The Balaban J connectivity index is 2.05. The molecule has 40 heavy (non-hydrogen) atoms. The predicted molar refractivity (Wildman–Crippen MR) is 160 cm³/mol. The van der Waals surface area contributed by atoms with E-state index in [0.717, 1.165) is 39.0 Å². The molecule has 0 aliphatic heterocycles. The van der Waals surface area contributed by atoms with Gasteiger partial charge < -0.3 is 10.2 Å². The van der Waals surface area contributed by atoms with Crippen molar-refractivity contribution in [1.82, 2.24) is 10.2 Å². The van der Waals surface area contributed by atoms with Crippen molar-refractivity contribution < 1.29 is 22.4 Å². The number of sulfonamides is 1. The lowest BCUT2D eigenvalue weighted by Gasteiger charge is -2.33. The molecule has 10 heteroatoms. The highest BCUT2D eigenvalue weighted by molar-refractivity contribution is 9.10. The van der Waals surface area contributed by atoms with Gasteiger partial charge in [0.2, 0.25) is 21.8 Å². The van der Waals surface area contributed by atoms with Crippen LogP contribution in [0.5, 0.6) is 0 Å². The Bertz CT molecular complexity index is 1420. The molecular formula is C30H35BrFN3O4S. The van der Waals surface area contributed by atoms with Gasteiger partial charge in [-0.05, 0) is 48.7 Å². The first-order chi connectivity index (χ1) is 19.0. The Labute approximate surface area is 244 Å². The average molecular weight is 633 g/mol. The van der Waals surface area contributed by atoms with Gasteiger partial charge in [-0.25, -0.2) is 12.8 Å². The van der Waals surface area contributed by atoms with E-state index >= 15 is 0 Å². The summed E-state index contributed by atoms with van der Waals surface area (Å²) < 4.78 is 42.4. The maximum atomic E-state index is 14.8. The quantitative estimate of drug-likeness (QED) is 0.262. The number of carbonyl (C=O) groups excluding carboxylic acids is 2. The number of aryl methyl sites for hydroxylation is 1. The fraction of sp³-hybridized carbons (Fsp3) is 0.333. The summed E-state index contributed by atoms with van der Waals surface area (Å²) in [6, 6.07) is 19.3. The maximum Gasteiger partial charge on any atom is 0.244 e. The number of hydrogen-bond acceptors (Lipinski definition) is 4. The van der Waals surface area contributed by atoms with Crippen molar-refractivity contribution in [1.29, 1.82) is 0 Å². The van der Waals surface area contributed by atoms with Crippen molar-refractivity contribution >= 4 is 43.5 Å². The summed E-state index contributed by atoms with van der Waals surface area (Å²) in [6.07, 6.45) is 2.83. The molecule has 1 N–H and O–H groups in total. The zero-order valence-corrected chi connectivity index (χ0v) is 25.3. The van der Waals surface area contributed by atoms with Crippen molar-refractivity contribution in [2.75, 3.05) is 23.7 Å². The third-order valence-corrected chi connectivity index (χ3v) is 8.54. The lowest BCUT2D eigenvalue weighted by Crippen LogP contribution is -2.53. The standard InChI is InChI=1S/C30H35BrFN3O4S/c1-4-5-17-33-30(37)28(19-23-11-7-6-8-12-23)34(20-24-13-9-10-14-27(24)32)29(36)21-35(40(3,38)39)25-15-16-26(31)22(2)18-25/h6-16,18,28H,4-5,17,19-21H2,1-3H3,(H,33,37)/t28-/m1/s1. The van der Waals surface area contributed by atoms with Gasteiger partial charge in [-0.15, -0.1) is 0 Å². The summed E-state index contributed by atoms with van der Waals surface area (Å²) in [5.41, 5.74) is 2.14. The number of nitrogens with one attached hydrogen (secondary N) is 1. The van der Waals surface area contributed by atoms with Crippen LogP contribution in [-0.4, -0.2) is 50.5 Å². The summed E-state index contributed by atoms with van der Waals surface area (Å²) in [5.74, 6) is -1.53. The Hall–Kier alpha value is -3.24. The highest BCUT2D eigenvalue weighted by Gasteiger charge is 2.33. The third-order valence-electron chi connectivity index (χ3n) is 6.51. The monoisotopic (exact) mass is 631 g/mol. The number of carbonyl (C=O) groups is 2. The Morgan fingerprint density at radius 1 is 1.02 bits per heavy atom. The molecule has 0 saturated heterocycles. The number of hydrogen-bond donors (Lipinski definition) is 1. The average Bonchev–Trinajstić information content (AvgIpc) is 2.91. The van der Waals surface area contributed by atoms with Crippen LogP contribution < -0.4 is 9.62 Å². The molecule has 0 saturated carbocycles. The molecule has 3 rings (SSSR count). The van der Waals surface area contributed by atoms with Crippen molar-refractivity contribution in [3.05, 3.63) is 99.8 Å². The van der Waals surface area contributed by atoms with E-state index in [1.807, 2.05) is 44.2 Å². The number of nitrogens with zero attached hydrogens (tertiary/aromatic N) is 2. The van der Waals surface area contributed by atoms with Crippen LogP contribution in [0, 0.1) is 12.7 Å². The molecular weight excluding hydrogens is 597 g/mol. The minimum absolute atomic E-state index is 0.176. The number of rotatable bonds is 13. The molecule has 0 radical (unpaired) electrons. The van der Waals surface area contributed by atoms with E-state index in [2.05, 4.69) is 21.2 Å². The van der Waals surface area contributed by atoms with Crippen LogP contribution in [0.2, 0.25) is 0 Å². The molecule has 0 spiro atoms. The molecule has 3 aromatic carbocycles. The van der Waals surface area contributed by atoms with Crippen LogP contribution in [0.4, 0.5) is 10.1 Å². The lowest BCUT2D eigenvalue weighted by molar-refractivity contribution is -0.140. The molecule has 2 amide bonds. The highest BCUT2D eigenvalue weighted by atomic mass is 79.9. The molecule has 7 nitrogen and oxygen atoms in total. The molecule has 0 bridgehead atoms. The van der Waals surface area contributed by atoms with E-state index in [4.69, 9.17) is 0 Å². The molecule has 0 aromatic heterocycles. The Morgan fingerprint density at radius 3 is 2.33 bits per heavy atom. The number of unbranched alkanes of at least 4 members (excludes halogenated alkanes) is 1. The zero-order valence-electron chi connectivity index (χ0n) is 22.9. The Morgan fingerprint density at radius 2 is 1.70 bits per heavy atom. The molecule has 0 unspecified atom stereocenters. The molecule has 0 heterocycles. The first kappa shape index (κ1) is 31.3. The lowest BCUT2D eigenvalue weighted by atomic mass is 10.0. The predicted octanol–water partition coefficient (Wildman–Crippen LogP) is 5.22. The SMILES string of the molecule is CCCCNC(=O)[C@@H](Cc1ccccc1)N(Cc1ccccc1F)C(=O)CN(c1ccc(Br)c(C)c1)S(C)(=O)=O. The largest absolute Gasteiger partial charge is 0.354 e. The molecule has 0 fully saturated rings. The maximum absolute atomic E-state index is 14.8. The van der Waals surface area contributed by atoms with Gasteiger partial charge in [0.15, 0.2) is 0 Å². The van der Waals surface area contributed by atoms with E-state index in [1.165, 1.54) is 11.0 Å². The van der Waals surface area contributed by atoms with Crippen molar-refractivity contribution in [2.24, 2.45) is 0 Å². The molecule has 0 aliphatic carbocycles. The van der Waals surface area contributed by atoms with Gasteiger partial charge in [0.25, 0.3) is 0 Å². The fourth-order valence-corrected chi connectivity index (χ4v) is 5.36. The normalized spacial score (nSPS) is 12.0. The van der Waals surface area contributed by atoms with E-state index in [0.29, 0.717) is 12.2 Å². The van der Waals surface area contributed by atoms with E-state index in [9.17, 15) is 22.4 Å². The van der Waals surface area contributed by atoms with Crippen LogP contribution >= 0.6 is 15.9 Å². The summed E-state index contributed by atoms with van der Waals surface area (Å²) in [4.78, 5) is 28.8. The third kappa shape index (κ3) is 8.63. The van der Waals surface area contributed by atoms with Gasteiger partial charge in [0, 0.05) is 29.5 Å². The summed E-state index contributed by atoms with van der Waals surface area (Å²) in [5, 5.41) is 2.90. The topological polar surface area (TPSA) is 86.8 Å². The van der Waals surface area contributed by atoms with E-state index in [1.54, 1.807) is 36.4 Å². The number of amides is 2. The second-order valence-corrected chi connectivity index (χ2v) is 12.4. The van der Waals surface area contributed by atoms with E-state index in [-0.39, 0.29) is 24.4 Å². The van der Waals surface area contributed by atoms with Gasteiger partial charge in [-0.1, -0.05) is 77.8 Å². The number of halogens is 2. The zero-order chi connectivity index (χ0) is 29.3. The second kappa shape index (κ2) is 14.4. The van der Waals surface area contributed by atoms with Crippen molar-refractivity contribution in [2.45, 2.75) is 45.7 Å². The summed E-state index contributed by atoms with van der Waals surface area (Å²) in [7, 11) is -3.88. The van der Waals surface area contributed by atoms with Crippen LogP contribution in [0.3, 0.4) is 0 Å². The molecule has 0 aliphatic rings. The number of anilines is 1. The van der Waals surface area contributed by atoms with Gasteiger partial charge in [-0.3, -0.25) is 13.9 Å². The Kier molecular flexibility index (Phi) is 11.3. The highest BCUT2D eigenvalue weighted by Crippen LogP contribution is 2.25. The van der Waals surface area contributed by atoms with Crippen molar-refractivity contribution in [3.63, 3.8) is 0 Å². The minimum atomic E-state index is -3.88. The van der Waals surface area contributed by atoms with Gasteiger partial charge in [0.05, 0.1) is 11.9 Å². The van der Waals surface area contributed by atoms with Gasteiger partial charge in [-0.2, -0.15) is 0 Å². The van der Waals surface area contributed by atoms with Crippen LogP contribution in [0.15, 0.2) is 77.3 Å². The first-order valence-corrected chi connectivity index (χ1v) is 15.7. The summed E-state index contributed by atoms with van der Waals surface area (Å²) in [6.45, 7) is 3.49. The molecule has 1 atom stereocenters. The van der Waals surface area contributed by atoms with Crippen LogP contribution in [0.25, 0.3) is 0 Å². The first-order valence-electron chi connectivity index (χ1n) is 13.1. The molecule has 214 valence electrons. The fourth-order valence-electron chi connectivity index (χ4n) is 4.27. The smallest absolute Gasteiger partial charge is 0.244 e. The van der Waals surface area contributed by atoms with Gasteiger partial charge >= 0.3 is 0 Å². The second-order valence-electron chi connectivity index (χ2n) is 9.67. The minimum Gasteiger partial charge on any atom is -0.354 e. The van der Waals surface area contributed by atoms with Gasteiger partial charge in [0.1, 0.15) is 18.4 Å².